The van der Waals surface area contributed by atoms with Gasteiger partial charge in [0.05, 0.1) is 12.7 Å². The third-order valence-electron chi connectivity index (χ3n) is 4.36. The first-order chi connectivity index (χ1) is 12.0. The number of rotatable bonds is 4. The summed E-state index contributed by atoms with van der Waals surface area (Å²) in [6.07, 6.45) is 0.174. The van der Waals surface area contributed by atoms with Crippen molar-refractivity contribution in [3.8, 4) is 5.75 Å². The van der Waals surface area contributed by atoms with Crippen molar-refractivity contribution in [1.29, 1.82) is 0 Å². The molecule has 0 saturated carbocycles. The number of carbonyl (C=O) groups is 2. The van der Waals surface area contributed by atoms with Crippen LogP contribution >= 0.6 is 0 Å². The Morgan fingerprint density at radius 3 is 2.68 bits per heavy atom. The smallest absolute Gasteiger partial charge is 0.337 e. The Balaban J connectivity index is 1.77. The van der Waals surface area contributed by atoms with Gasteiger partial charge in [0, 0.05) is 11.7 Å². The molecule has 130 valence electrons. The molecule has 1 amide bonds. The summed E-state index contributed by atoms with van der Waals surface area (Å²) >= 11 is 0. The van der Waals surface area contributed by atoms with E-state index in [1.165, 1.54) is 12.7 Å². The topological polar surface area (TPSA) is 55.8 Å². The van der Waals surface area contributed by atoms with Gasteiger partial charge in [-0.25, -0.2) is 4.79 Å². The molecule has 0 spiro atoms. The largest absolute Gasteiger partial charge is 0.481 e. The second-order valence-corrected chi connectivity index (χ2v) is 6.17. The van der Waals surface area contributed by atoms with E-state index in [0.717, 1.165) is 12.1 Å². The quantitative estimate of drug-likeness (QED) is 0.803. The van der Waals surface area contributed by atoms with Gasteiger partial charge in [-0.3, -0.25) is 4.79 Å². The van der Waals surface area contributed by atoms with Crippen LogP contribution in [0.1, 0.15) is 29.8 Å². The average Bonchev–Trinajstić information content (AvgIpc) is 2.96. The number of amides is 1. The zero-order valence-electron chi connectivity index (χ0n) is 14.6. The van der Waals surface area contributed by atoms with Gasteiger partial charge in [0.15, 0.2) is 6.10 Å². The van der Waals surface area contributed by atoms with E-state index in [4.69, 9.17) is 9.47 Å². The highest BCUT2D eigenvalue weighted by Crippen LogP contribution is 2.32. The number of anilines is 1. The van der Waals surface area contributed by atoms with Gasteiger partial charge in [0.1, 0.15) is 5.75 Å². The molecule has 5 nitrogen and oxygen atoms in total. The summed E-state index contributed by atoms with van der Waals surface area (Å²) in [6.45, 7) is 3.75. The Morgan fingerprint density at radius 1 is 1.16 bits per heavy atom. The molecule has 5 heteroatoms. The molecule has 0 radical (unpaired) electrons. The standard InChI is InChI=1S/C20H21NO4/c1-13-11-15-7-4-5-10-18(15)21(13)19(22)14(2)25-17-9-6-8-16(12-17)20(23)24-3/h4-10,12-14H,11H2,1-3H3/t13-,14-/m0/s1. The Hall–Kier alpha value is -2.82. The van der Waals surface area contributed by atoms with E-state index < -0.39 is 12.1 Å². The number of hydrogen-bond acceptors (Lipinski definition) is 4. The molecule has 1 aliphatic heterocycles. The van der Waals surface area contributed by atoms with Gasteiger partial charge in [-0.05, 0) is 50.1 Å². The van der Waals surface area contributed by atoms with Crippen molar-refractivity contribution in [3.63, 3.8) is 0 Å². The molecule has 0 aromatic heterocycles. The molecule has 0 N–H and O–H groups in total. The van der Waals surface area contributed by atoms with Crippen LogP contribution in [0, 0.1) is 0 Å². The van der Waals surface area contributed by atoms with E-state index >= 15 is 0 Å². The van der Waals surface area contributed by atoms with Crippen molar-refractivity contribution in [2.75, 3.05) is 12.0 Å². The summed E-state index contributed by atoms with van der Waals surface area (Å²) in [6, 6.07) is 14.7. The van der Waals surface area contributed by atoms with Crippen LogP contribution in [0.5, 0.6) is 5.75 Å². The Morgan fingerprint density at radius 2 is 1.92 bits per heavy atom. The van der Waals surface area contributed by atoms with E-state index in [0.29, 0.717) is 11.3 Å². The molecule has 0 saturated heterocycles. The molecule has 25 heavy (non-hydrogen) atoms. The minimum Gasteiger partial charge on any atom is -0.481 e. The first-order valence-electron chi connectivity index (χ1n) is 8.27. The highest BCUT2D eigenvalue weighted by atomic mass is 16.5. The molecule has 3 rings (SSSR count). The maximum atomic E-state index is 12.9. The fraction of sp³-hybridized carbons (Fsp3) is 0.300. The molecule has 0 aliphatic carbocycles. The number of benzene rings is 2. The van der Waals surface area contributed by atoms with Gasteiger partial charge in [-0.2, -0.15) is 0 Å². The monoisotopic (exact) mass is 339 g/mol. The number of nitrogens with zero attached hydrogens (tertiary/aromatic N) is 1. The summed E-state index contributed by atoms with van der Waals surface area (Å²) in [5.41, 5.74) is 2.50. The van der Waals surface area contributed by atoms with E-state index in [2.05, 4.69) is 0 Å². The molecule has 1 aliphatic rings. The molecular weight excluding hydrogens is 318 g/mol. The first kappa shape index (κ1) is 17.0. The minimum absolute atomic E-state index is 0.0948. The predicted molar refractivity (Wildman–Crippen MR) is 95.0 cm³/mol. The predicted octanol–water partition coefficient (Wildman–Crippen LogP) is 3.22. The number of methoxy groups -OCH3 is 1. The lowest BCUT2D eigenvalue weighted by atomic mass is 10.1. The zero-order chi connectivity index (χ0) is 18.0. The summed E-state index contributed by atoms with van der Waals surface area (Å²) in [4.78, 5) is 26.3. The SMILES string of the molecule is COC(=O)c1cccc(O[C@@H](C)C(=O)N2c3ccccc3C[C@@H]2C)c1. The van der Waals surface area contributed by atoms with Crippen LogP contribution in [0.3, 0.4) is 0 Å². The van der Waals surface area contributed by atoms with Gasteiger partial charge >= 0.3 is 5.97 Å². The molecule has 0 fully saturated rings. The second-order valence-electron chi connectivity index (χ2n) is 6.17. The lowest BCUT2D eigenvalue weighted by Crippen LogP contribution is -2.43. The van der Waals surface area contributed by atoms with Crippen LogP contribution in [-0.2, 0) is 16.0 Å². The highest BCUT2D eigenvalue weighted by molar-refractivity contribution is 5.99. The summed E-state index contributed by atoms with van der Waals surface area (Å²) in [5, 5.41) is 0. The maximum Gasteiger partial charge on any atom is 0.337 e. The third kappa shape index (κ3) is 3.36. The van der Waals surface area contributed by atoms with Crippen LogP contribution in [0.15, 0.2) is 48.5 Å². The van der Waals surface area contributed by atoms with Crippen LogP contribution < -0.4 is 9.64 Å². The Kier molecular flexibility index (Phi) is 4.74. The van der Waals surface area contributed by atoms with Crippen LogP contribution in [0.25, 0.3) is 0 Å². The number of hydrogen-bond donors (Lipinski definition) is 0. The van der Waals surface area contributed by atoms with Crippen LogP contribution in [0.4, 0.5) is 5.69 Å². The number of para-hydroxylation sites is 1. The molecule has 0 unspecified atom stereocenters. The van der Waals surface area contributed by atoms with Crippen LogP contribution in [-0.4, -0.2) is 31.1 Å². The first-order valence-corrected chi connectivity index (χ1v) is 8.27. The summed E-state index contributed by atoms with van der Waals surface area (Å²) < 4.78 is 10.5. The second kappa shape index (κ2) is 6.97. The molecular formula is C20H21NO4. The molecule has 0 bridgehead atoms. The number of esters is 1. The van der Waals surface area contributed by atoms with Crippen molar-refractivity contribution in [1.82, 2.24) is 0 Å². The maximum absolute atomic E-state index is 12.9. The third-order valence-corrected chi connectivity index (χ3v) is 4.36. The Labute approximate surface area is 147 Å². The van der Waals surface area contributed by atoms with Gasteiger partial charge in [0.25, 0.3) is 5.91 Å². The van der Waals surface area contributed by atoms with Gasteiger partial charge in [-0.1, -0.05) is 24.3 Å². The number of fused-ring (bicyclic) bond motifs is 1. The molecule has 1 heterocycles. The van der Waals surface area contributed by atoms with Crippen LogP contribution in [0.2, 0.25) is 0 Å². The van der Waals surface area contributed by atoms with Gasteiger partial charge in [0.2, 0.25) is 0 Å². The zero-order valence-corrected chi connectivity index (χ0v) is 14.6. The van der Waals surface area contributed by atoms with Crippen molar-refractivity contribution in [2.24, 2.45) is 0 Å². The minimum atomic E-state index is -0.665. The van der Waals surface area contributed by atoms with E-state index in [1.54, 1.807) is 36.1 Å². The normalized spacial score (nSPS) is 16.9. The van der Waals surface area contributed by atoms with E-state index in [-0.39, 0.29) is 11.9 Å². The lowest BCUT2D eigenvalue weighted by molar-refractivity contribution is -0.124. The number of carbonyl (C=O) groups excluding carboxylic acids is 2. The average molecular weight is 339 g/mol. The lowest BCUT2D eigenvalue weighted by Gasteiger charge is -2.26. The Bertz CT molecular complexity index is 802. The molecule has 2 aromatic rings. The van der Waals surface area contributed by atoms with Gasteiger partial charge < -0.3 is 14.4 Å². The van der Waals surface area contributed by atoms with E-state index in [1.807, 2.05) is 31.2 Å². The van der Waals surface area contributed by atoms with Crippen molar-refractivity contribution < 1.29 is 19.1 Å². The summed E-state index contributed by atoms with van der Waals surface area (Å²) in [5.74, 6) is -0.0728. The summed E-state index contributed by atoms with van der Waals surface area (Å²) in [7, 11) is 1.33. The molecule has 2 atom stereocenters. The molecule has 2 aromatic carbocycles. The van der Waals surface area contributed by atoms with Crippen molar-refractivity contribution >= 4 is 17.6 Å². The fourth-order valence-corrected chi connectivity index (χ4v) is 3.17. The van der Waals surface area contributed by atoms with E-state index in [9.17, 15) is 9.59 Å². The van der Waals surface area contributed by atoms with Gasteiger partial charge in [-0.15, -0.1) is 0 Å². The fourth-order valence-electron chi connectivity index (χ4n) is 3.17. The highest BCUT2D eigenvalue weighted by Gasteiger charge is 2.33. The number of ether oxygens (including phenoxy) is 2. The van der Waals surface area contributed by atoms with Crippen molar-refractivity contribution in [3.05, 3.63) is 59.7 Å². The van der Waals surface area contributed by atoms with Crippen molar-refractivity contribution in [2.45, 2.75) is 32.4 Å².